The summed E-state index contributed by atoms with van der Waals surface area (Å²) in [6, 6.07) is 7.16. The van der Waals surface area contributed by atoms with Gasteiger partial charge in [-0.15, -0.1) is 11.3 Å². The number of anilines is 1. The Morgan fingerprint density at radius 3 is 2.37 bits per heavy atom. The zero-order valence-corrected chi connectivity index (χ0v) is 16.5. The molecule has 3 rings (SSSR count). The molecule has 1 atom stereocenters. The lowest BCUT2D eigenvalue weighted by atomic mass is 10.00. The van der Waals surface area contributed by atoms with Gasteiger partial charge in [-0.3, -0.25) is 4.68 Å². The van der Waals surface area contributed by atoms with Gasteiger partial charge in [-0.1, -0.05) is 18.2 Å². The molecule has 3 aromatic rings. The molecular weight excluding hydrogens is 430 g/mol. The van der Waals surface area contributed by atoms with E-state index in [2.05, 4.69) is 10.4 Å². The van der Waals surface area contributed by atoms with Crippen LogP contribution in [0.25, 0.3) is 11.3 Å². The minimum absolute atomic E-state index is 0.0207. The molecule has 0 aliphatic carbocycles. The molecule has 0 spiro atoms. The molecule has 30 heavy (non-hydrogen) atoms. The molecule has 0 amide bonds. The second kappa shape index (κ2) is 8.31. The molecule has 162 valence electrons. The second-order valence-electron chi connectivity index (χ2n) is 6.63. The van der Waals surface area contributed by atoms with E-state index in [-0.39, 0.29) is 34.8 Å². The van der Waals surface area contributed by atoms with Crippen LogP contribution >= 0.6 is 11.3 Å². The van der Waals surface area contributed by atoms with Gasteiger partial charge in [0.2, 0.25) is 0 Å². The first-order valence-corrected chi connectivity index (χ1v) is 9.63. The minimum atomic E-state index is -4.59. The average Bonchev–Trinajstić information content (AvgIpc) is 3.26. The van der Waals surface area contributed by atoms with Crippen molar-refractivity contribution in [3.8, 4) is 11.3 Å². The van der Waals surface area contributed by atoms with Crippen LogP contribution < -0.4 is 11.1 Å². The summed E-state index contributed by atoms with van der Waals surface area (Å²) in [5.41, 5.74) is 5.16. The van der Waals surface area contributed by atoms with Crippen LogP contribution in [0.5, 0.6) is 0 Å². The number of nitrogens with zero attached hydrogens (tertiary/aromatic N) is 2. The van der Waals surface area contributed by atoms with Crippen molar-refractivity contribution in [2.24, 2.45) is 12.8 Å². The third-order valence-electron chi connectivity index (χ3n) is 4.51. The number of hydrogen-bond donors (Lipinski definition) is 2. The Hall–Kier alpha value is -2.53. The summed E-state index contributed by atoms with van der Waals surface area (Å²) in [4.78, 5) is -0.819. The van der Waals surface area contributed by atoms with Crippen LogP contribution in [0.2, 0.25) is 0 Å². The maximum atomic E-state index is 13.5. The molecule has 0 aliphatic heterocycles. The van der Waals surface area contributed by atoms with Crippen LogP contribution in [0, 0.1) is 0 Å². The van der Waals surface area contributed by atoms with Gasteiger partial charge in [-0.05, 0) is 30.2 Å². The van der Waals surface area contributed by atoms with E-state index in [9.17, 15) is 26.3 Å². The third-order valence-corrected chi connectivity index (χ3v) is 5.62. The van der Waals surface area contributed by atoms with Crippen molar-refractivity contribution in [2.75, 3.05) is 11.9 Å². The standard InChI is InChI=1S/C19H18F6N4S/c1-29-15(6-7-27-29)13-9-16(30-17(13)19(23,24)25)28-12(10-26)8-11-4-2-3-5-14(11)18(20,21)22/h2-7,9,12,28H,8,10,26H2,1H3/t12-/m0/s1. The minimum Gasteiger partial charge on any atom is -0.373 e. The number of aryl methyl sites for hydroxylation is 1. The topological polar surface area (TPSA) is 55.9 Å². The molecule has 2 aromatic heterocycles. The van der Waals surface area contributed by atoms with Crippen molar-refractivity contribution in [3.05, 3.63) is 58.6 Å². The van der Waals surface area contributed by atoms with E-state index in [1.807, 2.05) is 0 Å². The normalized spacial score (nSPS) is 13.5. The third kappa shape index (κ3) is 4.78. The fourth-order valence-electron chi connectivity index (χ4n) is 3.14. The van der Waals surface area contributed by atoms with E-state index in [1.54, 1.807) is 0 Å². The van der Waals surface area contributed by atoms with Gasteiger partial charge in [0.15, 0.2) is 0 Å². The monoisotopic (exact) mass is 448 g/mol. The van der Waals surface area contributed by atoms with Crippen molar-refractivity contribution in [3.63, 3.8) is 0 Å². The fraction of sp³-hybridized carbons (Fsp3) is 0.316. The molecule has 0 bridgehead atoms. The summed E-state index contributed by atoms with van der Waals surface area (Å²) >= 11 is 0.482. The van der Waals surface area contributed by atoms with Crippen LogP contribution in [0.3, 0.4) is 0 Å². The Morgan fingerprint density at radius 2 is 1.80 bits per heavy atom. The molecule has 2 heterocycles. The number of halogens is 6. The summed E-state index contributed by atoms with van der Waals surface area (Å²) in [7, 11) is 1.52. The zero-order valence-electron chi connectivity index (χ0n) is 15.7. The number of alkyl halides is 6. The van der Waals surface area contributed by atoms with Crippen LogP contribution in [-0.4, -0.2) is 22.4 Å². The van der Waals surface area contributed by atoms with Gasteiger partial charge in [0.25, 0.3) is 0 Å². The highest BCUT2D eigenvalue weighted by atomic mass is 32.1. The number of nitrogens with one attached hydrogen (secondary N) is 1. The van der Waals surface area contributed by atoms with Crippen molar-refractivity contribution in [2.45, 2.75) is 24.8 Å². The smallest absolute Gasteiger partial charge is 0.373 e. The molecular formula is C19H18F6N4S. The Labute approximate surface area is 172 Å². The predicted molar refractivity (Wildman–Crippen MR) is 103 cm³/mol. The highest BCUT2D eigenvalue weighted by molar-refractivity contribution is 7.16. The molecule has 0 fully saturated rings. The van der Waals surface area contributed by atoms with E-state index < -0.39 is 28.8 Å². The number of aromatic nitrogens is 2. The maximum absolute atomic E-state index is 13.5. The van der Waals surface area contributed by atoms with E-state index in [1.165, 1.54) is 48.3 Å². The Balaban J connectivity index is 1.90. The Kier molecular flexibility index (Phi) is 6.14. The van der Waals surface area contributed by atoms with Gasteiger partial charge in [-0.2, -0.15) is 31.4 Å². The van der Waals surface area contributed by atoms with E-state index >= 15 is 0 Å². The summed E-state index contributed by atoms with van der Waals surface area (Å²) < 4.78 is 81.6. The van der Waals surface area contributed by atoms with Gasteiger partial charge in [0.1, 0.15) is 4.88 Å². The van der Waals surface area contributed by atoms with Gasteiger partial charge in [0, 0.05) is 31.4 Å². The molecule has 0 aliphatic rings. The lowest BCUT2D eigenvalue weighted by Crippen LogP contribution is -2.31. The van der Waals surface area contributed by atoms with Crippen molar-refractivity contribution in [1.29, 1.82) is 0 Å². The lowest BCUT2D eigenvalue weighted by molar-refractivity contribution is -0.138. The maximum Gasteiger partial charge on any atom is 0.426 e. The number of hydrogen-bond acceptors (Lipinski definition) is 4. The van der Waals surface area contributed by atoms with Crippen LogP contribution in [0.4, 0.5) is 31.3 Å². The van der Waals surface area contributed by atoms with E-state index in [0.717, 1.165) is 6.07 Å². The summed E-state index contributed by atoms with van der Waals surface area (Å²) in [5, 5.41) is 6.93. The van der Waals surface area contributed by atoms with Gasteiger partial charge < -0.3 is 11.1 Å². The molecule has 3 N–H and O–H groups in total. The molecule has 0 radical (unpaired) electrons. The first-order chi connectivity index (χ1) is 14.0. The number of benzene rings is 1. The molecule has 0 saturated heterocycles. The molecule has 11 heteroatoms. The molecule has 4 nitrogen and oxygen atoms in total. The van der Waals surface area contributed by atoms with Crippen LogP contribution in [0.1, 0.15) is 16.0 Å². The Morgan fingerprint density at radius 1 is 1.10 bits per heavy atom. The van der Waals surface area contributed by atoms with Gasteiger partial charge in [-0.25, -0.2) is 0 Å². The predicted octanol–water partition coefficient (Wildman–Crippen LogP) is 5.17. The van der Waals surface area contributed by atoms with Crippen LogP contribution in [0.15, 0.2) is 42.6 Å². The van der Waals surface area contributed by atoms with E-state index in [4.69, 9.17) is 5.73 Å². The lowest BCUT2D eigenvalue weighted by Gasteiger charge is -2.20. The molecule has 1 aromatic carbocycles. The van der Waals surface area contributed by atoms with Gasteiger partial charge >= 0.3 is 12.4 Å². The quantitative estimate of drug-likeness (QED) is 0.512. The summed E-state index contributed by atoms with van der Waals surface area (Å²) in [6.07, 6.45) is -7.83. The summed E-state index contributed by atoms with van der Waals surface area (Å²) in [5.74, 6) is 0. The van der Waals surface area contributed by atoms with Crippen LogP contribution in [-0.2, 0) is 25.8 Å². The summed E-state index contributed by atoms with van der Waals surface area (Å²) in [6.45, 7) is -0.0630. The molecule has 0 unspecified atom stereocenters. The first kappa shape index (κ1) is 22.2. The first-order valence-electron chi connectivity index (χ1n) is 8.81. The number of rotatable bonds is 6. The van der Waals surface area contributed by atoms with Crippen molar-refractivity contribution < 1.29 is 26.3 Å². The number of nitrogens with two attached hydrogens (primary N) is 1. The van der Waals surface area contributed by atoms with Crippen molar-refractivity contribution in [1.82, 2.24) is 9.78 Å². The SMILES string of the molecule is Cn1nccc1-c1cc(N[C@H](CN)Cc2ccccc2C(F)(F)F)sc1C(F)(F)F. The molecule has 0 saturated carbocycles. The highest BCUT2D eigenvalue weighted by Gasteiger charge is 2.37. The fourth-order valence-corrected chi connectivity index (χ4v) is 4.15. The average molecular weight is 448 g/mol. The van der Waals surface area contributed by atoms with Gasteiger partial charge in [0.05, 0.1) is 16.3 Å². The zero-order chi connectivity index (χ0) is 22.1. The van der Waals surface area contributed by atoms with E-state index in [0.29, 0.717) is 11.3 Å². The largest absolute Gasteiger partial charge is 0.426 e. The number of thiophene rings is 1. The highest BCUT2D eigenvalue weighted by Crippen LogP contribution is 2.44. The van der Waals surface area contributed by atoms with Crippen molar-refractivity contribution >= 4 is 16.3 Å². The Bertz CT molecular complexity index is 1010. The second-order valence-corrected chi connectivity index (χ2v) is 7.68.